The van der Waals surface area contributed by atoms with Crippen LogP contribution in [0.25, 0.3) is 0 Å². The molecule has 2 N–H and O–H groups in total. The number of nitrogens with one attached hydrogen (secondary N) is 2. The molecule has 0 heterocycles. The predicted octanol–water partition coefficient (Wildman–Crippen LogP) is 2.36. The quantitative estimate of drug-likeness (QED) is 0.857. The van der Waals surface area contributed by atoms with E-state index < -0.39 is 0 Å². The molecule has 0 aliphatic rings. The van der Waals surface area contributed by atoms with Crippen LogP contribution in [0, 0.1) is 6.92 Å². The minimum Gasteiger partial charge on any atom is -0.378 e. The van der Waals surface area contributed by atoms with Crippen LogP contribution in [0.5, 0.6) is 0 Å². The van der Waals surface area contributed by atoms with Gasteiger partial charge in [0.1, 0.15) is 0 Å². The summed E-state index contributed by atoms with van der Waals surface area (Å²) in [5, 5.41) is 5.40. The molecule has 0 aliphatic carbocycles. The topological polar surface area (TPSA) is 61.4 Å². The van der Waals surface area contributed by atoms with Crippen molar-refractivity contribution in [1.29, 1.82) is 0 Å². The predicted molar refractivity (Wildman–Crippen MR) is 97.3 cm³/mol. The first-order valence-electron chi connectivity index (χ1n) is 7.83. The Morgan fingerprint density at radius 1 is 0.917 bits per heavy atom. The van der Waals surface area contributed by atoms with Gasteiger partial charge in [-0.1, -0.05) is 29.8 Å². The monoisotopic (exact) mass is 325 g/mol. The molecule has 0 bridgehead atoms. The summed E-state index contributed by atoms with van der Waals surface area (Å²) in [5.74, 6) is -0.415. The lowest BCUT2D eigenvalue weighted by atomic mass is 10.1. The zero-order chi connectivity index (χ0) is 17.5. The molecule has 2 aromatic carbocycles. The number of benzene rings is 2. The number of rotatable bonds is 6. The molecule has 0 aromatic heterocycles. The molecule has 2 aromatic rings. The summed E-state index contributed by atoms with van der Waals surface area (Å²) in [6.45, 7) is 1.96. The molecule has 0 aliphatic heterocycles. The average molecular weight is 325 g/mol. The summed E-state index contributed by atoms with van der Waals surface area (Å²) >= 11 is 0. The Morgan fingerprint density at radius 3 is 2.12 bits per heavy atom. The molecule has 24 heavy (non-hydrogen) atoms. The van der Waals surface area contributed by atoms with Gasteiger partial charge in [0.2, 0.25) is 11.8 Å². The Kier molecular flexibility index (Phi) is 5.95. The highest BCUT2D eigenvalue weighted by atomic mass is 16.2. The van der Waals surface area contributed by atoms with Crippen molar-refractivity contribution in [2.24, 2.45) is 0 Å². The molecule has 5 heteroatoms. The third-order valence-corrected chi connectivity index (χ3v) is 3.60. The van der Waals surface area contributed by atoms with Crippen molar-refractivity contribution >= 4 is 23.2 Å². The van der Waals surface area contributed by atoms with E-state index in [0.29, 0.717) is 5.69 Å². The van der Waals surface area contributed by atoms with Gasteiger partial charge in [-0.25, -0.2) is 0 Å². The number of carbonyl (C=O) groups is 2. The normalized spacial score (nSPS) is 10.1. The van der Waals surface area contributed by atoms with E-state index in [-0.39, 0.29) is 24.8 Å². The first-order chi connectivity index (χ1) is 11.4. The van der Waals surface area contributed by atoms with Crippen LogP contribution in [0.3, 0.4) is 0 Å². The summed E-state index contributed by atoms with van der Waals surface area (Å²) in [4.78, 5) is 25.8. The number of carbonyl (C=O) groups excluding carboxylic acids is 2. The lowest BCUT2D eigenvalue weighted by Crippen LogP contribution is -2.33. The van der Waals surface area contributed by atoms with Crippen LogP contribution in [-0.2, 0) is 16.0 Å². The molecule has 0 saturated heterocycles. The number of anilines is 2. The van der Waals surface area contributed by atoms with Gasteiger partial charge in [-0.15, -0.1) is 0 Å². The van der Waals surface area contributed by atoms with E-state index in [1.807, 2.05) is 74.4 Å². The van der Waals surface area contributed by atoms with Crippen molar-refractivity contribution in [2.45, 2.75) is 13.3 Å². The van der Waals surface area contributed by atoms with E-state index in [1.54, 1.807) is 0 Å². The van der Waals surface area contributed by atoms with E-state index in [1.165, 1.54) is 0 Å². The van der Waals surface area contributed by atoms with E-state index in [4.69, 9.17) is 0 Å². The molecule has 0 saturated carbocycles. The summed E-state index contributed by atoms with van der Waals surface area (Å²) in [5.41, 5.74) is 3.84. The van der Waals surface area contributed by atoms with Crippen LogP contribution in [0.4, 0.5) is 11.4 Å². The third-order valence-electron chi connectivity index (χ3n) is 3.60. The Morgan fingerprint density at radius 2 is 1.54 bits per heavy atom. The van der Waals surface area contributed by atoms with Crippen molar-refractivity contribution in [3.05, 3.63) is 59.7 Å². The summed E-state index contributed by atoms with van der Waals surface area (Å²) in [7, 11) is 3.91. The van der Waals surface area contributed by atoms with E-state index in [2.05, 4.69) is 10.6 Å². The van der Waals surface area contributed by atoms with Gasteiger partial charge in [0, 0.05) is 25.5 Å². The second kappa shape index (κ2) is 8.15. The van der Waals surface area contributed by atoms with Crippen LogP contribution in [-0.4, -0.2) is 32.5 Å². The van der Waals surface area contributed by atoms with Crippen molar-refractivity contribution in [2.75, 3.05) is 30.9 Å². The molecule has 2 rings (SSSR count). The number of hydrogen-bond acceptors (Lipinski definition) is 3. The lowest BCUT2D eigenvalue weighted by molar-refractivity contribution is -0.123. The van der Waals surface area contributed by atoms with Crippen molar-refractivity contribution in [1.82, 2.24) is 5.32 Å². The highest BCUT2D eigenvalue weighted by molar-refractivity contribution is 5.94. The highest BCUT2D eigenvalue weighted by Gasteiger charge is 2.07. The molecule has 0 unspecified atom stereocenters. The summed E-state index contributed by atoms with van der Waals surface area (Å²) in [6, 6.07) is 15.3. The SMILES string of the molecule is Cc1ccc(CC(=O)NCC(=O)Nc2ccc(N(C)C)cc2)cc1. The number of nitrogens with zero attached hydrogens (tertiary/aromatic N) is 1. The van der Waals surface area contributed by atoms with Gasteiger partial charge in [-0.3, -0.25) is 9.59 Å². The van der Waals surface area contributed by atoms with E-state index >= 15 is 0 Å². The molecule has 5 nitrogen and oxygen atoms in total. The van der Waals surface area contributed by atoms with Gasteiger partial charge < -0.3 is 15.5 Å². The Balaban J connectivity index is 1.77. The van der Waals surface area contributed by atoms with Crippen LogP contribution in [0.2, 0.25) is 0 Å². The van der Waals surface area contributed by atoms with E-state index in [9.17, 15) is 9.59 Å². The Bertz CT molecular complexity index is 692. The highest BCUT2D eigenvalue weighted by Crippen LogP contribution is 2.15. The van der Waals surface area contributed by atoms with Gasteiger partial charge in [-0.05, 0) is 36.8 Å². The van der Waals surface area contributed by atoms with Crippen molar-refractivity contribution in [3.63, 3.8) is 0 Å². The molecular weight excluding hydrogens is 302 g/mol. The lowest BCUT2D eigenvalue weighted by Gasteiger charge is -2.13. The maximum atomic E-state index is 11.9. The summed E-state index contributed by atoms with van der Waals surface area (Å²) in [6.07, 6.45) is 0.269. The minimum absolute atomic E-state index is 0.0415. The summed E-state index contributed by atoms with van der Waals surface area (Å²) < 4.78 is 0. The fourth-order valence-corrected chi connectivity index (χ4v) is 2.18. The Hall–Kier alpha value is -2.82. The minimum atomic E-state index is -0.246. The molecule has 0 radical (unpaired) electrons. The smallest absolute Gasteiger partial charge is 0.243 e. The largest absolute Gasteiger partial charge is 0.378 e. The fourth-order valence-electron chi connectivity index (χ4n) is 2.18. The van der Waals surface area contributed by atoms with Crippen molar-refractivity contribution in [3.8, 4) is 0 Å². The zero-order valence-electron chi connectivity index (χ0n) is 14.3. The van der Waals surface area contributed by atoms with Gasteiger partial charge in [0.25, 0.3) is 0 Å². The fraction of sp³-hybridized carbons (Fsp3) is 0.263. The van der Waals surface area contributed by atoms with E-state index in [0.717, 1.165) is 16.8 Å². The van der Waals surface area contributed by atoms with Crippen LogP contribution in [0.15, 0.2) is 48.5 Å². The van der Waals surface area contributed by atoms with Gasteiger partial charge in [-0.2, -0.15) is 0 Å². The first kappa shape index (κ1) is 17.5. The average Bonchev–Trinajstić information content (AvgIpc) is 2.55. The van der Waals surface area contributed by atoms with Crippen LogP contribution >= 0.6 is 0 Å². The molecule has 126 valence electrons. The maximum absolute atomic E-state index is 11.9. The second-order valence-corrected chi connectivity index (χ2v) is 5.93. The maximum Gasteiger partial charge on any atom is 0.243 e. The van der Waals surface area contributed by atoms with Crippen LogP contribution < -0.4 is 15.5 Å². The third kappa shape index (κ3) is 5.43. The van der Waals surface area contributed by atoms with Crippen molar-refractivity contribution < 1.29 is 9.59 Å². The second-order valence-electron chi connectivity index (χ2n) is 5.93. The van der Waals surface area contributed by atoms with Gasteiger partial charge in [0.05, 0.1) is 13.0 Å². The molecule has 0 spiro atoms. The number of hydrogen-bond donors (Lipinski definition) is 2. The number of amides is 2. The zero-order valence-corrected chi connectivity index (χ0v) is 14.3. The molecule has 0 fully saturated rings. The standard InChI is InChI=1S/C19H23N3O2/c1-14-4-6-15(7-5-14)12-18(23)20-13-19(24)21-16-8-10-17(11-9-16)22(2)3/h4-11H,12-13H2,1-3H3,(H,20,23)(H,21,24). The van der Waals surface area contributed by atoms with Crippen LogP contribution in [0.1, 0.15) is 11.1 Å². The number of aryl methyl sites for hydroxylation is 1. The van der Waals surface area contributed by atoms with Gasteiger partial charge in [0.15, 0.2) is 0 Å². The first-order valence-corrected chi connectivity index (χ1v) is 7.83. The molecular formula is C19H23N3O2. The molecule has 0 atom stereocenters. The van der Waals surface area contributed by atoms with Gasteiger partial charge >= 0.3 is 0 Å². The Labute approximate surface area is 142 Å². The molecule has 2 amide bonds.